The Hall–Kier alpha value is -9.25. The molecule has 15 fully saturated rings. The number of carbonyl (C=O) groups excluding carboxylic acids is 15. The molecule has 25 atom stereocenters. The van der Waals surface area contributed by atoms with Gasteiger partial charge in [0, 0.05) is 117 Å². The molecule has 0 aromatic carbocycles. The highest BCUT2D eigenvalue weighted by molar-refractivity contribution is 5.90. The summed E-state index contributed by atoms with van der Waals surface area (Å²) in [5.74, 6) is -4.63. The van der Waals surface area contributed by atoms with Crippen molar-refractivity contribution in [2.75, 3.05) is 33.0 Å². The summed E-state index contributed by atoms with van der Waals surface area (Å²) < 4.78 is 77.9. The maximum Gasteiger partial charge on any atom is 0.344 e. The molecule has 0 aromatic rings. The van der Waals surface area contributed by atoms with Crippen molar-refractivity contribution in [1.29, 1.82) is 0 Å². The van der Waals surface area contributed by atoms with Gasteiger partial charge in [0.15, 0.2) is 33.0 Å². The van der Waals surface area contributed by atoms with E-state index in [0.717, 1.165) is 43.9 Å². The zero-order valence-corrected chi connectivity index (χ0v) is 62.0. The molecule has 15 rings (SSSR count). The Morgan fingerprint density at radius 2 is 0.685 bits per heavy atom. The molecule has 10 saturated carbocycles. The fourth-order valence-corrected chi connectivity index (χ4v) is 21.4. The van der Waals surface area contributed by atoms with E-state index in [9.17, 15) is 71.9 Å². The highest BCUT2D eigenvalue weighted by Gasteiger charge is 2.71. The lowest BCUT2D eigenvalue weighted by molar-refractivity contribution is -0.165. The van der Waals surface area contributed by atoms with Crippen molar-refractivity contribution in [3.8, 4) is 0 Å². The van der Waals surface area contributed by atoms with Gasteiger partial charge in [0.05, 0.1) is 32.1 Å². The Bertz CT molecular complexity index is 3750. The smallest absolute Gasteiger partial charge is 0.344 e. The lowest BCUT2D eigenvalue weighted by Crippen LogP contribution is -2.39. The maximum atomic E-state index is 11.9. The molecule has 0 aromatic heterocycles. The number of fused-ring (bicyclic) bond motifs is 25. The van der Waals surface area contributed by atoms with Crippen molar-refractivity contribution < 1.29 is 143 Å². The fraction of sp³-hybridized carbons (Fsp3) is 0.679. The summed E-state index contributed by atoms with van der Waals surface area (Å²) in [5, 5.41) is 0. The van der Waals surface area contributed by atoms with Gasteiger partial charge in [-0.05, 0) is 76.0 Å². The van der Waals surface area contributed by atoms with E-state index in [2.05, 4.69) is 88.6 Å². The molecule has 0 radical (unpaired) electrons. The highest BCUT2D eigenvalue weighted by Crippen LogP contribution is 2.67. The van der Waals surface area contributed by atoms with Crippen molar-refractivity contribution in [3.05, 3.63) is 62.3 Å². The van der Waals surface area contributed by atoms with Crippen molar-refractivity contribution in [3.63, 3.8) is 0 Å². The van der Waals surface area contributed by atoms with Gasteiger partial charge in [-0.3, -0.25) is 24.0 Å². The molecule has 0 N–H and O–H groups in total. The van der Waals surface area contributed by atoms with Gasteiger partial charge >= 0.3 is 89.5 Å². The number of ether oxygens (including phenoxy) is 15. The molecule has 30 heteroatoms. The molecule has 0 amide bonds. The molecule has 10 aliphatic carbocycles. The maximum absolute atomic E-state index is 11.9. The third-order valence-corrected chi connectivity index (χ3v) is 25.5. The quantitative estimate of drug-likeness (QED) is 0.0786. The zero-order valence-electron chi connectivity index (χ0n) is 62.0. The van der Waals surface area contributed by atoms with E-state index in [1.165, 1.54) is 13.8 Å². The molecule has 5 aliphatic heterocycles. The molecule has 25 unspecified atom stereocenters. The summed E-state index contributed by atoms with van der Waals surface area (Å²) in [6.45, 7) is 30.4. The van der Waals surface area contributed by atoms with Crippen LogP contribution in [-0.4, -0.2) is 184 Å². The molecule has 108 heavy (non-hydrogen) atoms. The van der Waals surface area contributed by atoms with Crippen molar-refractivity contribution >= 4 is 89.5 Å². The second-order valence-electron chi connectivity index (χ2n) is 33.0. The SMILES string of the molecule is C=C(C)C(=O)OCC(=O)OC1CC2(C)CC1C1CC(=O)OC12.C=C(C)C(=O)OCC(=O)OC1CC2C3OC(=O)CC3C1C2(C)C.C=CC(=O)OCC(=O)OC1CC2(C)CC1C1CC(=O)OC12.C=CC(=O)OCC(=O)OC1CC2C3OC(=O)CC3C1C2(C)C.C=CC(=O)OCC(=O)OC1CC2CC1C1CC(=O)OC21. The van der Waals surface area contributed by atoms with Crippen LogP contribution in [0, 0.1) is 98.6 Å². The minimum Gasteiger partial charge on any atom is -0.462 e. The summed E-state index contributed by atoms with van der Waals surface area (Å²) in [5.41, 5.74) is 0.201. The Morgan fingerprint density at radius 3 is 1.05 bits per heavy atom. The van der Waals surface area contributed by atoms with Crippen molar-refractivity contribution in [1.82, 2.24) is 0 Å². The van der Waals surface area contributed by atoms with Crippen LogP contribution in [0.3, 0.4) is 0 Å². The van der Waals surface area contributed by atoms with Crippen LogP contribution in [0.2, 0.25) is 0 Å². The van der Waals surface area contributed by atoms with Crippen LogP contribution in [-0.2, 0) is 143 Å². The topological polar surface area (TPSA) is 394 Å². The van der Waals surface area contributed by atoms with Gasteiger partial charge in [0.2, 0.25) is 0 Å². The molecule has 5 heterocycles. The first-order valence-electron chi connectivity index (χ1n) is 36.8. The lowest BCUT2D eigenvalue weighted by Gasteiger charge is -2.34. The van der Waals surface area contributed by atoms with Crippen LogP contribution in [0.25, 0.3) is 0 Å². The van der Waals surface area contributed by atoms with Crippen LogP contribution in [0.4, 0.5) is 0 Å². The monoisotopic (exact) mass is 1510 g/mol. The van der Waals surface area contributed by atoms with E-state index in [1.54, 1.807) is 0 Å². The predicted octanol–water partition coefficient (Wildman–Crippen LogP) is 5.83. The van der Waals surface area contributed by atoms with Gasteiger partial charge in [-0.2, -0.15) is 0 Å². The number of hydrogen-bond donors (Lipinski definition) is 0. The van der Waals surface area contributed by atoms with Gasteiger partial charge in [-0.1, -0.05) is 74.4 Å². The van der Waals surface area contributed by atoms with E-state index < -0.39 is 92.7 Å². The van der Waals surface area contributed by atoms with Crippen LogP contribution in [0.5, 0.6) is 0 Å². The first-order valence-corrected chi connectivity index (χ1v) is 36.8. The van der Waals surface area contributed by atoms with E-state index in [4.69, 9.17) is 56.8 Å². The molecule has 30 nitrogen and oxygen atoms in total. The Labute approximate surface area is 623 Å². The average Bonchev–Trinajstić information content (AvgIpc) is 1.55. The van der Waals surface area contributed by atoms with Gasteiger partial charge in [-0.15, -0.1) is 0 Å². The third-order valence-electron chi connectivity index (χ3n) is 25.5. The highest BCUT2D eigenvalue weighted by atomic mass is 16.6. The Kier molecular flexibility index (Phi) is 23.2. The van der Waals surface area contributed by atoms with E-state index >= 15 is 0 Å². The second kappa shape index (κ2) is 31.4. The number of hydrogen-bond acceptors (Lipinski definition) is 30. The Morgan fingerprint density at radius 1 is 0.370 bits per heavy atom. The van der Waals surface area contributed by atoms with Crippen LogP contribution in [0.1, 0.15) is 139 Å². The molecule has 588 valence electrons. The summed E-state index contributed by atoms with van der Waals surface area (Å²) >= 11 is 0. The van der Waals surface area contributed by atoms with Crippen molar-refractivity contribution in [2.24, 2.45) is 98.6 Å². The molecule has 15 aliphatic rings. The minimum atomic E-state index is -0.653. The molecular weight excluding hydrogens is 1420 g/mol. The molecule has 10 bridgehead atoms. The van der Waals surface area contributed by atoms with E-state index in [1.807, 2.05) is 0 Å². The van der Waals surface area contributed by atoms with Crippen LogP contribution < -0.4 is 0 Å². The van der Waals surface area contributed by atoms with Gasteiger partial charge in [0.1, 0.15) is 61.0 Å². The predicted molar refractivity (Wildman–Crippen MR) is 363 cm³/mol. The van der Waals surface area contributed by atoms with Gasteiger partial charge in [0.25, 0.3) is 0 Å². The number of carbonyl (C=O) groups is 15. The molecular formula is C78H96O30. The second-order valence-corrected chi connectivity index (χ2v) is 33.0. The molecule has 5 saturated heterocycles. The number of rotatable bonds is 20. The zero-order chi connectivity index (χ0) is 78.5. The van der Waals surface area contributed by atoms with Crippen molar-refractivity contribution in [2.45, 2.75) is 200 Å². The Balaban J connectivity index is 0.000000134. The first-order chi connectivity index (χ1) is 50.9. The fourth-order valence-electron chi connectivity index (χ4n) is 21.4. The van der Waals surface area contributed by atoms with E-state index in [0.29, 0.717) is 63.7 Å². The molecule has 0 spiro atoms. The third kappa shape index (κ3) is 16.2. The first kappa shape index (κ1) is 79.8. The number of esters is 15. The van der Waals surface area contributed by atoms with Gasteiger partial charge in [-0.25, -0.2) is 47.9 Å². The van der Waals surface area contributed by atoms with Gasteiger partial charge < -0.3 is 71.1 Å². The van der Waals surface area contributed by atoms with Crippen LogP contribution >= 0.6 is 0 Å². The lowest BCUT2D eigenvalue weighted by atomic mass is 9.77. The summed E-state index contributed by atoms with van der Waals surface area (Å²) in [6, 6.07) is 0. The minimum absolute atomic E-state index is 0.0149. The largest absolute Gasteiger partial charge is 0.462 e. The average molecular weight is 1510 g/mol. The summed E-state index contributed by atoms with van der Waals surface area (Å²) in [7, 11) is 0. The standard InChI is InChI=1S/C17H22O6.2C16H20O6.C15H18O6.C14H16O6/c1-8(2)16(20)21-7-13(19)22-11-6-10-15-9(5-12(18)23-15)14(11)17(10,3)4;1-8(2)15(19)20-7-13(18)21-11-6-16(3)5-10(11)9-4-12(17)22-14(9)16;1-4-11(17)20-7-13(19)21-10-6-9-15-8(5-12(18)22-15)14(10)16(9,2)3;1-3-11(16)19-7-13(18)20-10-6-15(2)5-9(10)8-4-12(17)21-14(8)15;1-2-11(15)18-6-13(17)19-10-4-7-3-8(10)9-5-12(16)20-14(7)9/h9-11,14-15H,1,5-7H2,2-4H3;9-11,14H,1,4-7H2,2-3H3;4,8-10,14-15H,1,5-7H2,2-3H3;3,8-10,14H,1,4-7H2,2H3;2,7-10,14H,1,3-6H2. The summed E-state index contributed by atoms with van der Waals surface area (Å²) in [4.78, 5) is 172. The van der Waals surface area contributed by atoms with Crippen LogP contribution in [0.15, 0.2) is 62.3 Å². The normalized spacial score (nSPS) is 37.7. The van der Waals surface area contributed by atoms with E-state index in [-0.39, 0.29) is 195 Å². The summed E-state index contributed by atoms with van der Waals surface area (Å²) in [6.07, 6.45) is 9.96.